The molecule has 3 amide bonds. The van der Waals surface area contributed by atoms with Crippen molar-refractivity contribution in [3.63, 3.8) is 0 Å². The molecule has 4 N–H and O–H groups in total. The van der Waals surface area contributed by atoms with Crippen LogP contribution in [0.3, 0.4) is 0 Å². The van der Waals surface area contributed by atoms with Crippen molar-refractivity contribution in [1.82, 2.24) is 10.6 Å². The molecule has 1 aromatic rings. The number of nitrogens with two attached hydrogens (primary N) is 1. The van der Waals surface area contributed by atoms with Gasteiger partial charge in [0.25, 0.3) is 0 Å². The molecule has 0 radical (unpaired) electrons. The lowest BCUT2D eigenvalue weighted by Crippen LogP contribution is -2.55. The summed E-state index contributed by atoms with van der Waals surface area (Å²) in [6.45, 7) is 4.93. The molecule has 2 atom stereocenters. The molecule has 24 heavy (non-hydrogen) atoms. The van der Waals surface area contributed by atoms with Gasteiger partial charge < -0.3 is 16.4 Å². The van der Waals surface area contributed by atoms with Crippen molar-refractivity contribution in [1.29, 1.82) is 0 Å². The van der Waals surface area contributed by atoms with Gasteiger partial charge in [0.1, 0.15) is 12.1 Å². The van der Waals surface area contributed by atoms with Gasteiger partial charge in [0.05, 0.1) is 0 Å². The van der Waals surface area contributed by atoms with Gasteiger partial charge in [0.15, 0.2) is 0 Å². The van der Waals surface area contributed by atoms with E-state index in [0.717, 1.165) is 10.0 Å². The Kier molecular flexibility index (Phi) is 7.69. The molecule has 6 nitrogen and oxygen atoms in total. The number of hydrogen-bond acceptors (Lipinski definition) is 3. The smallest absolute Gasteiger partial charge is 0.243 e. The van der Waals surface area contributed by atoms with Gasteiger partial charge in [-0.2, -0.15) is 0 Å². The summed E-state index contributed by atoms with van der Waals surface area (Å²) in [7, 11) is 0. The molecule has 0 bridgehead atoms. The predicted octanol–water partition coefficient (Wildman–Crippen LogP) is 1.78. The predicted molar refractivity (Wildman–Crippen MR) is 96.4 cm³/mol. The molecule has 0 aromatic heterocycles. The molecule has 1 rings (SSSR count). The molecule has 0 aliphatic rings. The van der Waals surface area contributed by atoms with Crippen LogP contribution in [-0.4, -0.2) is 29.8 Å². The molecule has 132 valence electrons. The Morgan fingerprint density at radius 1 is 1.25 bits per heavy atom. The Morgan fingerprint density at radius 2 is 1.88 bits per heavy atom. The van der Waals surface area contributed by atoms with E-state index in [0.29, 0.717) is 5.02 Å². The lowest BCUT2D eigenvalue weighted by atomic mass is 10.0. The maximum Gasteiger partial charge on any atom is 0.243 e. The minimum Gasteiger partial charge on any atom is -0.368 e. The van der Waals surface area contributed by atoms with Crippen LogP contribution in [0.25, 0.3) is 0 Å². The SMILES string of the molecule is CC(=O)N[C@@H](C(=O)N[C@@H](Cc1cc(Cl)ccc1Br)C(N)=O)C(C)C. The summed E-state index contributed by atoms with van der Waals surface area (Å²) in [5, 5.41) is 5.70. The van der Waals surface area contributed by atoms with Crippen molar-refractivity contribution in [2.24, 2.45) is 11.7 Å². The van der Waals surface area contributed by atoms with Gasteiger partial charge in [-0.15, -0.1) is 0 Å². The Morgan fingerprint density at radius 3 is 2.38 bits per heavy atom. The molecule has 0 spiro atoms. The van der Waals surface area contributed by atoms with E-state index in [2.05, 4.69) is 26.6 Å². The van der Waals surface area contributed by atoms with Crippen molar-refractivity contribution >= 4 is 45.3 Å². The maximum absolute atomic E-state index is 12.4. The Bertz CT molecular complexity index is 637. The molecule has 0 aliphatic heterocycles. The Hall–Kier alpha value is -1.60. The van der Waals surface area contributed by atoms with Gasteiger partial charge >= 0.3 is 0 Å². The van der Waals surface area contributed by atoms with Crippen LogP contribution in [-0.2, 0) is 20.8 Å². The van der Waals surface area contributed by atoms with Crippen LogP contribution in [0.5, 0.6) is 0 Å². The highest BCUT2D eigenvalue weighted by Crippen LogP contribution is 2.22. The molecule has 8 heteroatoms. The summed E-state index contributed by atoms with van der Waals surface area (Å²) in [4.78, 5) is 35.4. The standard InChI is InChI=1S/C16H21BrClN3O3/c1-8(2)14(20-9(3)22)16(24)21-13(15(19)23)7-10-6-11(18)4-5-12(10)17/h4-6,8,13-14H,7H2,1-3H3,(H2,19,23)(H,20,22)(H,21,24)/t13-,14+/m0/s1. The summed E-state index contributed by atoms with van der Waals surface area (Å²) in [5.41, 5.74) is 6.15. The average Bonchev–Trinajstić information content (AvgIpc) is 2.46. The first kappa shape index (κ1) is 20.4. The van der Waals surface area contributed by atoms with Gasteiger partial charge in [-0.05, 0) is 29.7 Å². The average molecular weight is 419 g/mol. The van der Waals surface area contributed by atoms with Crippen LogP contribution in [0, 0.1) is 5.92 Å². The topological polar surface area (TPSA) is 101 Å². The van der Waals surface area contributed by atoms with Crippen LogP contribution in [0.4, 0.5) is 0 Å². The minimum atomic E-state index is -0.915. The molecular weight excluding hydrogens is 398 g/mol. The highest BCUT2D eigenvalue weighted by atomic mass is 79.9. The molecule has 0 saturated heterocycles. The molecular formula is C16H21BrClN3O3. The fourth-order valence-corrected chi connectivity index (χ4v) is 2.76. The third kappa shape index (κ3) is 6.13. The second kappa shape index (κ2) is 9.03. The van der Waals surface area contributed by atoms with Gasteiger partial charge in [-0.25, -0.2) is 0 Å². The number of rotatable bonds is 7. The van der Waals surface area contributed by atoms with Crippen molar-refractivity contribution in [3.05, 3.63) is 33.3 Å². The number of carbonyl (C=O) groups is 3. The zero-order chi connectivity index (χ0) is 18.4. The highest BCUT2D eigenvalue weighted by molar-refractivity contribution is 9.10. The highest BCUT2D eigenvalue weighted by Gasteiger charge is 2.27. The normalized spacial score (nSPS) is 13.2. The largest absolute Gasteiger partial charge is 0.368 e. The van der Waals surface area contributed by atoms with Crippen molar-refractivity contribution in [2.45, 2.75) is 39.3 Å². The van der Waals surface area contributed by atoms with E-state index in [9.17, 15) is 14.4 Å². The number of nitrogens with one attached hydrogen (secondary N) is 2. The molecule has 0 aliphatic carbocycles. The molecule has 0 fully saturated rings. The number of benzene rings is 1. The second-order valence-corrected chi connectivity index (χ2v) is 7.12. The van der Waals surface area contributed by atoms with Crippen molar-refractivity contribution in [3.8, 4) is 0 Å². The van der Waals surface area contributed by atoms with E-state index in [-0.39, 0.29) is 18.2 Å². The van der Waals surface area contributed by atoms with Gasteiger partial charge in [-0.3, -0.25) is 14.4 Å². The molecule has 1 aromatic carbocycles. The van der Waals surface area contributed by atoms with Crippen LogP contribution in [0.1, 0.15) is 26.3 Å². The Balaban J connectivity index is 2.92. The first-order valence-corrected chi connectivity index (χ1v) is 8.59. The summed E-state index contributed by atoms with van der Waals surface area (Å²) in [6, 6.07) is 3.50. The zero-order valence-corrected chi connectivity index (χ0v) is 16.1. The number of carbonyl (C=O) groups excluding carboxylic acids is 3. The first-order valence-electron chi connectivity index (χ1n) is 7.42. The quantitative estimate of drug-likeness (QED) is 0.629. The number of hydrogen-bond donors (Lipinski definition) is 3. The van der Waals surface area contributed by atoms with E-state index >= 15 is 0 Å². The van der Waals surface area contributed by atoms with E-state index in [1.54, 1.807) is 32.0 Å². The van der Waals surface area contributed by atoms with E-state index in [4.69, 9.17) is 17.3 Å². The number of amides is 3. The minimum absolute atomic E-state index is 0.139. The summed E-state index contributed by atoms with van der Waals surface area (Å²) in [5.74, 6) is -1.58. The maximum atomic E-state index is 12.4. The fraction of sp³-hybridized carbons (Fsp3) is 0.438. The van der Waals surface area contributed by atoms with E-state index in [1.807, 2.05) is 0 Å². The van der Waals surface area contributed by atoms with E-state index < -0.39 is 23.9 Å². The summed E-state index contributed by atoms with van der Waals surface area (Å²) in [6.07, 6.45) is 0.188. The monoisotopic (exact) mass is 417 g/mol. The van der Waals surface area contributed by atoms with Crippen LogP contribution >= 0.6 is 27.5 Å². The van der Waals surface area contributed by atoms with Gasteiger partial charge in [-0.1, -0.05) is 41.4 Å². The Labute approximate surface area is 154 Å². The summed E-state index contributed by atoms with van der Waals surface area (Å²) >= 11 is 9.34. The third-order valence-corrected chi connectivity index (χ3v) is 4.41. The van der Waals surface area contributed by atoms with Crippen molar-refractivity contribution < 1.29 is 14.4 Å². The van der Waals surface area contributed by atoms with Crippen LogP contribution in [0.2, 0.25) is 5.02 Å². The van der Waals surface area contributed by atoms with Crippen LogP contribution in [0.15, 0.2) is 22.7 Å². The lowest BCUT2D eigenvalue weighted by Gasteiger charge is -2.24. The first-order chi connectivity index (χ1) is 11.1. The molecule has 0 saturated carbocycles. The van der Waals surface area contributed by atoms with E-state index in [1.165, 1.54) is 6.92 Å². The second-order valence-electron chi connectivity index (χ2n) is 5.83. The molecule has 0 unspecified atom stereocenters. The number of primary amides is 1. The fourth-order valence-electron chi connectivity index (χ4n) is 2.16. The lowest BCUT2D eigenvalue weighted by molar-refractivity contribution is -0.131. The third-order valence-electron chi connectivity index (χ3n) is 3.40. The van der Waals surface area contributed by atoms with Crippen molar-refractivity contribution in [2.75, 3.05) is 0 Å². The summed E-state index contributed by atoms with van der Waals surface area (Å²) < 4.78 is 0.759. The van der Waals surface area contributed by atoms with Gasteiger partial charge in [0.2, 0.25) is 17.7 Å². The zero-order valence-electron chi connectivity index (χ0n) is 13.7. The number of halogens is 2. The van der Waals surface area contributed by atoms with Gasteiger partial charge in [0, 0.05) is 22.8 Å². The van der Waals surface area contributed by atoms with Crippen LogP contribution < -0.4 is 16.4 Å². The molecule has 0 heterocycles.